The Bertz CT molecular complexity index is 572. The van der Waals surface area contributed by atoms with Gasteiger partial charge in [-0.2, -0.15) is 4.31 Å². The molecule has 5 nitrogen and oxygen atoms in total. The first-order valence-electron chi connectivity index (χ1n) is 5.62. The molecule has 0 atom stereocenters. The van der Waals surface area contributed by atoms with Crippen LogP contribution < -0.4 is 0 Å². The molecule has 1 aromatic heterocycles. The van der Waals surface area contributed by atoms with Crippen LogP contribution in [0.2, 0.25) is 0 Å². The maximum Gasteiger partial charge on any atom is 0.346 e. The number of nitrogens with zero attached hydrogens (tertiary/aromatic N) is 1. The van der Waals surface area contributed by atoms with E-state index in [4.69, 9.17) is 5.11 Å². The lowest BCUT2D eigenvalue weighted by Crippen LogP contribution is -2.28. The molecule has 1 fully saturated rings. The Hall–Kier alpha value is -0.920. The van der Waals surface area contributed by atoms with Gasteiger partial charge in [-0.1, -0.05) is 0 Å². The van der Waals surface area contributed by atoms with E-state index in [0.29, 0.717) is 18.0 Å². The smallest absolute Gasteiger partial charge is 0.346 e. The third-order valence-corrected chi connectivity index (χ3v) is 6.46. The highest BCUT2D eigenvalue weighted by Gasteiger charge is 2.31. The summed E-state index contributed by atoms with van der Waals surface area (Å²) in [4.78, 5) is 11.0. The molecule has 1 aliphatic rings. The first kappa shape index (κ1) is 13.5. The van der Waals surface area contributed by atoms with Gasteiger partial charge in [-0.25, -0.2) is 13.2 Å². The number of aryl methyl sites for hydroxylation is 1. The third kappa shape index (κ3) is 2.57. The molecule has 1 heterocycles. The molecule has 0 unspecified atom stereocenters. The molecule has 1 aromatic rings. The molecule has 1 N–H and O–H groups in total. The van der Waals surface area contributed by atoms with E-state index >= 15 is 0 Å². The molecule has 0 radical (unpaired) electrons. The van der Waals surface area contributed by atoms with Crippen LogP contribution in [-0.4, -0.2) is 37.4 Å². The number of carboxylic acid groups (broad SMARTS) is 1. The topological polar surface area (TPSA) is 74.7 Å². The minimum atomic E-state index is -3.54. The summed E-state index contributed by atoms with van der Waals surface area (Å²) < 4.78 is 25.9. The molecular weight excluding hydrogens is 274 g/mol. The Morgan fingerprint density at radius 3 is 2.61 bits per heavy atom. The second-order valence-electron chi connectivity index (χ2n) is 4.61. The molecule has 1 saturated carbocycles. The zero-order valence-electron chi connectivity index (χ0n) is 10.2. The van der Waals surface area contributed by atoms with Crippen molar-refractivity contribution in [3.8, 4) is 0 Å². The van der Waals surface area contributed by atoms with Crippen molar-refractivity contribution in [2.75, 3.05) is 13.6 Å². The summed E-state index contributed by atoms with van der Waals surface area (Å²) in [7, 11) is -2.00. The van der Waals surface area contributed by atoms with Gasteiger partial charge in [0, 0.05) is 13.6 Å². The average Bonchev–Trinajstić information content (AvgIpc) is 2.98. The highest BCUT2D eigenvalue weighted by atomic mass is 32.2. The van der Waals surface area contributed by atoms with E-state index in [2.05, 4.69) is 0 Å². The van der Waals surface area contributed by atoms with E-state index in [1.807, 2.05) is 0 Å². The molecule has 18 heavy (non-hydrogen) atoms. The molecule has 100 valence electrons. The molecule has 0 aliphatic heterocycles. The van der Waals surface area contributed by atoms with Crippen LogP contribution in [0.4, 0.5) is 0 Å². The second kappa shape index (κ2) is 4.64. The monoisotopic (exact) mass is 289 g/mol. The maximum absolute atomic E-state index is 12.2. The van der Waals surface area contributed by atoms with E-state index in [9.17, 15) is 13.2 Å². The van der Waals surface area contributed by atoms with Crippen molar-refractivity contribution in [1.29, 1.82) is 0 Å². The Balaban J connectivity index is 2.28. The zero-order chi connectivity index (χ0) is 13.5. The quantitative estimate of drug-likeness (QED) is 0.896. The van der Waals surface area contributed by atoms with Gasteiger partial charge in [0.1, 0.15) is 9.09 Å². The standard InChI is InChI=1S/C11H15NO4S2/c1-7-5-9(17-10(7)11(13)14)18(15,16)12(2)6-8-3-4-8/h5,8H,3-4,6H2,1-2H3,(H,13,14). The minimum absolute atomic E-state index is 0.0911. The SMILES string of the molecule is Cc1cc(S(=O)(=O)N(C)CC2CC2)sc1C(=O)O. The van der Waals surface area contributed by atoms with Crippen LogP contribution in [0.25, 0.3) is 0 Å². The predicted molar refractivity (Wildman–Crippen MR) is 68.6 cm³/mol. The van der Waals surface area contributed by atoms with Crippen LogP contribution >= 0.6 is 11.3 Å². The van der Waals surface area contributed by atoms with Crippen molar-refractivity contribution in [1.82, 2.24) is 4.31 Å². The molecule has 7 heteroatoms. The number of hydrogen-bond acceptors (Lipinski definition) is 4. The fourth-order valence-electron chi connectivity index (χ4n) is 1.71. The van der Waals surface area contributed by atoms with Gasteiger partial charge in [-0.15, -0.1) is 11.3 Å². The van der Waals surface area contributed by atoms with Crippen molar-refractivity contribution < 1.29 is 18.3 Å². The molecule has 0 spiro atoms. The van der Waals surface area contributed by atoms with Crippen molar-refractivity contribution in [2.45, 2.75) is 24.0 Å². The predicted octanol–water partition coefficient (Wildman–Crippen LogP) is 1.79. The van der Waals surface area contributed by atoms with E-state index in [-0.39, 0.29) is 9.09 Å². The maximum atomic E-state index is 12.2. The summed E-state index contributed by atoms with van der Waals surface area (Å²) in [5.41, 5.74) is 0.492. The lowest BCUT2D eigenvalue weighted by molar-refractivity contribution is 0.0701. The highest BCUT2D eigenvalue weighted by Crippen LogP contribution is 2.33. The third-order valence-electron chi connectivity index (χ3n) is 2.97. The van der Waals surface area contributed by atoms with Crippen molar-refractivity contribution in [3.63, 3.8) is 0 Å². The molecule has 0 bridgehead atoms. The van der Waals surface area contributed by atoms with E-state index < -0.39 is 16.0 Å². The molecule has 2 rings (SSSR count). The van der Waals surface area contributed by atoms with Crippen LogP contribution in [0.15, 0.2) is 10.3 Å². The van der Waals surface area contributed by atoms with Gasteiger partial charge in [0.15, 0.2) is 0 Å². The van der Waals surface area contributed by atoms with Crippen LogP contribution in [0, 0.1) is 12.8 Å². The van der Waals surface area contributed by atoms with Gasteiger partial charge >= 0.3 is 5.97 Å². The summed E-state index contributed by atoms with van der Waals surface area (Å²) in [5.74, 6) is -0.617. The van der Waals surface area contributed by atoms with Crippen LogP contribution in [0.1, 0.15) is 28.1 Å². The second-order valence-corrected chi connectivity index (χ2v) is 7.94. The molecule has 1 aliphatic carbocycles. The number of aromatic carboxylic acids is 1. The lowest BCUT2D eigenvalue weighted by Gasteiger charge is -2.15. The largest absolute Gasteiger partial charge is 0.477 e. The Morgan fingerprint density at radius 2 is 2.17 bits per heavy atom. The van der Waals surface area contributed by atoms with Gasteiger partial charge in [0.2, 0.25) is 0 Å². The summed E-state index contributed by atoms with van der Waals surface area (Å²) in [6.07, 6.45) is 2.15. The van der Waals surface area contributed by atoms with Crippen LogP contribution in [-0.2, 0) is 10.0 Å². The summed E-state index contributed by atoms with van der Waals surface area (Å²) >= 11 is 0.821. The van der Waals surface area contributed by atoms with Crippen molar-refractivity contribution >= 4 is 27.3 Å². The van der Waals surface area contributed by atoms with Gasteiger partial charge in [0.05, 0.1) is 0 Å². The Morgan fingerprint density at radius 1 is 1.56 bits per heavy atom. The summed E-state index contributed by atoms with van der Waals surface area (Å²) in [6, 6.07) is 1.44. The molecule has 0 saturated heterocycles. The Kier molecular flexibility index (Phi) is 3.48. The summed E-state index contributed by atoms with van der Waals surface area (Å²) in [5, 5.41) is 8.94. The highest BCUT2D eigenvalue weighted by molar-refractivity contribution is 7.91. The van der Waals surface area contributed by atoms with Crippen molar-refractivity contribution in [3.05, 3.63) is 16.5 Å². The average molecular weight is 289 g/mol. The fourth-order valence-corrected chi connectivity index (χ4v) is 4.55. The van der Waals surface area contributed by atoms with Crippen LogP contribution in [0.3, 0.4) is 0 Å². The van der Waals surface area contributed by atoms with E-state index in [1.54, 1.807) is 14.0 Å². The lowest BCUT2D eigenvalue weighted by atomic mass is 10.3. The Labute approximate surface area is 110 Å². The zero-order valence-corrected chi connectivity index (χ0v) is 11.8. The molecule has 0 amide bonds. The van der Waals surface area contributed by atoms with E-state index in [0.717, 1.165) is 24.2 Å². The number of hydrogen-bond donors (Lipinski definition) is 1. The van der Waals surface area contributed by atoms with Gasteiger partial charge in [-0.05, 0) is 37.3 Å². The number of sulfonamides is 1. The fraction of sp³-hybridized carbons (Fsp3) is 0.545. The number of carbonyl (C=O) groups is 1. The van der Waals surface area contributed by atoms with Gasteiger partial charge in [-0.3, -0.25) is 0 Å². The number of rotatable bonds is 5. The first-order chi connectivity index (χ1) is 8.32. The normalized spacial score (nSPS) is 16.2. The summed E-state index contributed by atoms with van der Waals surface area (Å²) in [6.45, 7) is 2.13. The first-order valence-corrected chi connectivity index (χ1v) is 7.88. The van der Waals surface area contributed by atoms with Crippen LogP contribution in [0.5, 0.6) is 0 Å². The number of carboxylic acids is 1. The van der Waals surface area contributed by atoms with Gasteiger partial charge < -0.3 is 5.11 Å². The minimum Gasteiger partial charge on any atom is -0.477 e. The molecular formula is C11H15NO4S2. The number of thiophene rings is 1. The molecule has 0 aromatic carbocycles. The van der Waals surface area contributed by atoms with Crippen molar-refractivity contribution in [2.24, 2.45) is 5.92 Å². The van der Waals surface area contributed by atoms with Gasteiger partial charge in [0.25, 0.3) is 10.0 Å². The van der Waals surface area contributed by atoms with E-state index in [1.165, 1.54) is 10.4 Å².